The molecule has 5 nitrogen and oxygen atoms in total. The smallest absolute Gasteiger partial charge is 0.321 e. The summed E-state index contributed by atoms with van der Waals surface area (Å²) in [5.74, 6) is -0.568. The summed E-state index contributed by atoms with van der Waals surface area (Å²) in [6.07, 6.45) is 2.00. The predicted molar refractivity (Wildman–Crippen MR) is 60.9 cm³/mol. The lowest BCUT2D eigenvalue weighted by Crippen LogP contribution is -2.33. The van der Waals surface area contributed by atoms with E-state index in [2.05, 4.69) is 5.32 Å². The zero-order valence-electron chi connectivity index (χ0n) is 8.86. The molecular formula is C9H18N2O3S. The number of carboxylic acids is 1. The molecule has 0 aliphatic heterocycles. The van der Waals surface area contributed by atoms with Crippen LogP contribution in [-0.2, 0) is 9.59 Å². The highest BCUT2D eigenvalue weighted by molar-refractivity contribution is 8.00. The van der Waals surface area contributed by atoms with Crippen LogP contribution in [0, 0.1) is 0 Å². The van der Waals surface area contributed by atoms with Crippen LogP contribution in [0.2, 0.25) is 0 Å². The molecule has 0 aromatic rings. The standard InChI is InChI=1S/C9H18N2O3S/c1-2-3-4-11-8(12)6-15-5-7(10)9(13)14/h7H,2-6,10H2,1H3,(H,11,12)(H,13,14)/t7-/m0/s1. The number of unbranched alkanes of at least 4 members (excludes halogenated alkanes) is 1. The molecule has 6 heteroatoms. The van der Waals surface area contributed by atoms with Crippen LogP contribution in [0.5, 0.6) is 0 Å². The van der Waals surface area contributed by atoms with E-state index in [9.17, 15) is 9.59 Å². The van der Waals surface area contributed by atoms with Crippen LogP contribution in [0.25, 0.3) is 0 Å². The van der Waals surface area contributed by atoms with Gasteiger partial charge < -0.3 is 16.2 Å². The van der Waals surface area contributed by atoms with Crippen LogP contribution < -0.4 is 11.1 Å². The minimum absolute atomic E-state index is 0.0639. The van der Waals surface area contributed by atoms with Crippen molar-refractivity contribution in [2.45, 2.75) is 25.8 Å². The second-order valence-corrected chi connectivity index (χ2v) is 4.19. The molecule has 0 saturated heterocycles. The van der Waals surface area contributed by atoms with E-state index >= 15 is 0 Å². The zero-order chi connectivity index (χ0) is 11.7. The van der Waals surface area contributed by atoms with Gasteiger partial charge >= 0.3 is 5.97 Å². The van der Waals surface area contributed by atoms with Crippen LogP contribution >= 0.6 is 11.8 Å². The van der Waals surface area contributed by atoms with Gasteiger partial charge in [-0.3, -0.25) is 9.59 Å². The number of hydrogen-bond donors (Lipinski definition) is 3. The molecule has 88 valence electrons. The van der Waals surface area contributed by atoms with Crippen LogP contribution in [-0.4, -0.2) is 41.1 Å². The van der Waals surface area contributed by atoms with Crippen LogP contribution in [0.1, 0.15) is 19.8 Å². The van der Waals surface area contributed by atoms with Crippen molar-refractivity contribution in [3.63, 3.8) is 0 Å². The Morgan fingerprint density at radius 1 is 1.53 bits per heavy atom. The van der Waals surface area contributed by atoms with Crippen LogP contribution in [0.15, 0.2) is 0 Å². The topological polar surface area (TPSA) is 92.4 Å². The molecule has 4 N–H and O–H groups in total. The molecule has 0 unspecified atom stereocenters. The van der Waals surface area contributed by atoms with E-state index in [0.29, 0.717) is 6.54 Å². The number of nitrogens with one attached hydrogen (secondary N) is 1. The third-order valence-electron chi connectivity index (χ3n) is 1.70. The number of carboxylic acid groups (broad SMARTS) is 1. The highest BCUT2D eigenvalue weighted by atomic mass is 32.2. The van der Waals surface area contributed by atoms with Crippen molar-refractivity contribution in [1.29, 1.82) is 0 Å². The highest BCUT2D eigenvalue weighted by Gasteiger charge is 2.11. The molecule has 0 bridgehead atoms. The number of thioether (sulfide) groups is 1. The normalized spacial score (nSPS) is 12.1. The van der Waals surface area contributed by atoms with Crippen molar-refractivity contribution in [3.05, 3.63) is 0 Å². The van der Waals surface area contributed by atoms with Crippen molar-refractivity contribution in [2.75, 3.05) is 18.1 Å². The van der Waals surface area contributed by atoms with E-state index < -0.39 is 12.0 Å². The fourth-order valence-corrected chi connectivity index (χ4v) is 1.61. The lowest BCUT2D eigenvalue weighted by molar-refractivity contribution is -0.138. The van der Waals surface area contributed by atoms with Crippen LogP contribution in [0.3, 0.4) is 0 Å². The molecule has 1 amide bonds. The molecule has 15 heavy (non-hydrogen) atoms. The lowest BCUT2D eigenvalue weighted by Gasteiger charge is -2.06. The summed E-state index contributed by atoms with van der Waals surface area (Å²) in [5, 5.41) is 11.2. The Labute approximate surface area is 93.8 Å². The predicted octanol–water partition coefficient (Wildman–Crippen LogP) is 0.0478. The first-order chi connectivity index (χ1) is 7.07. The van der Waals surface area contributed by atoms with Gasteiger partial charge in [0, 0.05) is 12.3 Å². The second-order valence-electron chi connectivity index (χ2n) is 3.16. The summed E-state index contributed by atoms with van der Waals surface area (Å²) in [4.78, 5) is 21.5. The van der Waals surface area contributed by atoms with Gasteiger partial charge in [-0.1, -0.05) is 13.3 Å². The summed E-state index contributed by atoms with van der Waals surface area (Å²) in [7, 11) is 0. The lowest BCUT2D eigenvalue weighted by atomic mass is 10.3. The fraction of sp³-hybridized carbons (Fsp3) is 0.778. The van der Waals surface area contributed by atoms with Gasteiger partial charge in [-0.05, 0) is 6.42 Å². The molecule has 0 radical (unpaired) electrons. The Bertz CT molecular complexity index is 212. The maximum absolute atomic E-state index is 11.1. The molecule has 0 aliphatic carbocycles. The van der Waals surface area contributed by atoms with Gasteiger partial charge in [-0.15, -0.1) is 11.8 Å². The average Bonchev–Trinajstić information content (AvgIpc) is 2.18. The van der Waals surface area contributed by atoms with Crippen LogP contribution in [0.4, 0.5) is 0 Å². The number of rotatable bonds is 8. The molecule has 0 rings (SSSR count). The van der Waals surface area contributed by atoms with E-state index in [1.165, 1.54) is 11.8 Å². The number of hydrogen-bond acceptors (Lipinski definition) is 4. The average molecular weight is 234 g/mol. The van der Waals surface area contributed by atoms with Gasteiger partial charge in [0.1, 0.15) is 6.04 Å². The quantitative estimate of drug-likeness (QED) is 0.516. The first kappa shape index (κ1) is 14.2. The first-order valence-corrected chi connectivity index (χ1v) is 6.06. The van der Waals surface area contributed by atoms with E-state index in [0.717, 1.165) is 12.8 Å². The van der Waals surface area contributed by atoms with Gasteiger partial charge in [-0.25, -0.2) is 0 Å². The fourth-order valence-electron chi connectivity index (χ4n) is 0.805. The maximum Gasteiger partial charge on any atom is 0.321 e. The Morgan fingerprint density at radius 3 is 2.73 bits per heavy atom. The minimum Gasteiger partial charge on any atom is -0.480 e. The Balaban J connectivity index is 3.42. The monoisotopic (exact) mass is 234 g/mol. The van der Waals surface area contributed by atoms with Crippen molar-refractivity contribution in [1.82, 2.24) is 5.32 Å². The van der Waals surface area contributed by atoms with Gasteiger partial charge in [-0.2, -0.15) is 0 Å². The van der Waals surface area contributed by atoms with Crippen molar-refractivity contribution in [2.24, 2.45) is 5.73 Å². The molecule has 0 spiro atoms. The number of amides is 1. The van der Waals surface area contributed by atoms with Gasteiger partial charge in [0.15, 0.2) is 0 Å². The number of nitrogens with two attached hydrogens (primary N) is 1. The Morgan fingerprint density at radius 2 is 2.20 bits per heavy atom. The molecule has 1 atom stereocenters. The second kappa shape index (κ2) is 8.55. The zero-order valence-corrected chi connectivity index (χ0v) is 9.68. The maximum atomic E-state index is 11.1. The Kier molecular flexibility index (Phi) is 8.12. The first-order valence-electron chi connectivity index (χ1n) is 4.90. The largest absolute Gasteiger partial charge is 0.480 e. The molecule has 0 aliphatic rings. The summed E-state index contributed by atoms with van der Waals surface area (Å²) in [6, 6.07) is -0.890. The van der Waals surface area contributed by atoms with Gasteiger partial charge in [0.2, 0.25) is 5.91 Å². The van der Waals surface area contributed by atoms with E-state index in [4.69, 9.17) is 10.8 Å². The summed E-state index contributed by atoms with van der Waals surface area (Å²) >= 11 is 1.24. The Hall–Kier alpha value is -0.750. The number of carbonyl (C=O) groups excluding carboxylic acids is 1. The number of aliphatic carboxylic acids is 1. The van der Waals surface area contributed by atoms with Gasteiger partial charge in [0.05, 0.1) is 5.75 Å². The molecule has 0 saturated carbocycles. The van der Waals surface area contributed by atoms with E-state index in [-0.39, 0.29) is 17.4 Å². The molecule has 0 fully saturated rings. The molecular weight excluding hydrogens is 216 g/mol. The molecule has 0 aromatic carbocycles. The summed E-state index contributed by atoms with van der Waals surface area (Å²) in [5.41, 5.74) is 5.27. The molecule has 0 heterocycles. The third kappa shape index (κ3) is 8.26. The SMILES string of the molecule is CCCCNC(=O)CSC[C@H](N)C(=O)O. The molecule has 0 aromatic heterocycles. The van der Waals surface area contributed by atoms with Crippen molar-refractivity contribution in [3.8, 4) is 0 Å². The summed E-state index contributed by atoms with van der Waals surface area (Å²) < 4.78 is 0. The minimum atomic E-state index is -1.03. The van der Waals surface area contributed by atoms with Crippen molar-refractivity contribution >= 4 is 23.6 Å². The third-order valence-corrected chi connectivity index (χ3v) is 2.76. The highest BCUT2D eigenvalue weighted by Crippen LogP contribution is 2.01. The van der Waals surface area contributed by atoms with Gasteiger partial charge in [0.25, 0.3) is 0 Å². The van der Waals surface area contributed by atoms with Crippen molar-refractivity contribution < 1.29 is 14.7 Å². The van der Waals surface area contributed by atoms with E-state index in [1.54, 1.807) is 0 Å². The summed E-state index contributed by atoms with van der Waals surface area (Å²) in [6.45, 7) is 2.73. The number of carbonyl (C=O) groups is 2. The van der Waals surface area contributed by atoms with E-state index in [1.807, 2.05) is 6.92 Å².